The average molecular weight is 252 g/mol. The van der Waals surface area contributed by atoms with Gasteiger partial charge in [-0.2, -0.15) is 25.3 Å². The van der Waals surface area contributed by atoms with Crippen LogP contribution in [0.2, 0.25) is 0 Å². The standard InChI is InChI=1S/C8H16N2O3S2/c9-5(1-3-14)7(11)10-6(2-4-15)8(12)13/h5-6,14-15H,1-4,9H2,(H,10,11)(H,12,13). The summed E-state index contributed by atoms with van der Waals surface area (Å²) >= 11 is 7.85. The Kier molecular flexibility index (Phi) is 7.63. The van der Waals surface area contributed by atoms with E-state index in [0.29, 0.717) is 17.9 Å². The lowest BCUT2D eigenvalue weighted by atomic mass is 10.2. The lowest BCUT2D eigenvalue weighted by Crippen LogP contribution is -2.48. The molecule has 0 aliphatic rings. The maximum atomic E-state index is 11.4. The molecular weight excluding hydrogens is 236 g/mol. The van der Waals surface area contributed by atoms with Crippen LogP contribution in [0.4, 0.5) is 0 Å². The smallest absolute Gasteiger partial charge is 0.326 e. The van der Waals surface area contributed by atoms with Crippen LogP contribution in [0.25, 0.3) is 0 Å². The molecule has 0 heterocycles. The van der Waals surface area contributed by atoms with Crippen molar-refractivity contribution in [3.63, 3.8) is 0 Å². The second-order valence-corrected chi connectivity index (χ2v) is 3.92. The van der Waals surface area contributed by atoms with E-state index in [4.69, 9.17) is 10.8 Å². The fourth-order valence-corrected chi connectivity index (χ4v) is 1.47. The molecule has 0 fully saturated rings. The van der Waals surface area contributed by atoms with Gasteiger partial charge < -0.3 is 16.2 Å². The minimum absolute atomic E-state index is 0.276. The Morgan fingerprint density at radius 2 is 1.80 bits per heavy atom. The number of carbonyl (C=O) groups is 2. The van der Waals surface area contributed by atoms with Crippen molar-refractivity contribution in [1.82, 2.24) is 5.32 Å². The summed E-state index contributed by atoms with van der Waals surface area (Å²) in [6.45, 7) is 0. The highest BCUT2D eigenvalue weighted by molar-refractivity contribution is 7.80. The molecule has 0 rings (SSSR count). The Labute approximate surface area is 99.6 Å². The molecule has 2 unspecified atom stereocenters. The van der Waals surface area contributed by atoms with E-state index in [1.165, 1.54) is 0 Å². The number of carboxylic acid groups (broad SMARTS) is 1. The molecule has 0 aromatic heterocycles. The molecule has 0 saturated heterocycles. The van der Waals surface area contributed by atoms with Gasteiger partial charge in [0.25, 0.3) is 0 Å². The van der Waals surface area contributed by atoms with Crippen LogP contribution in [-0.4, -0.2) is 40.6 Å². The van der Waals surface area contributed by atoms with Gasteiger partial charge in [0.2, 0.25) is 5.91 Å². The molecule has 0 saturated carbocycles. The summed E-state index contributed by atoms with van der Waals surface area (Å²) in [7, 11) is 0. The van der Waals surface area contributed by atoms with Crippen molar-refractivity contribution >= 4 is 37.1 Å². The van der Waals surface area contributed by atoms with E-state index in [1.807, 2.05) is 0 Å². The molecule has 0 radical (unpaired) electrons. The van der Waals surface area contributed by atoms with Crippen molar-refractivity contribution < 1.29 is 14.7 Å². The molecule has 4 N–H and O–H groups in total. The maximum Gasteiger partial charge on any atom is 0.326 e. The lowest BCUT2D eigenvalue weighted by molar-refractivity contribution is -0.142. The first-order chi connectivity index (χ1) is 7.02. The van der Waals surface area contributed by atoms with E-state index in [0.717, 1.165) is 0 Å². The predicted octanol–water partition coefficient (Wildman–Crippen LogP) is -0.477. The number of nitrogens with two attached hydrogens (primary N) is 1. The van der Waals surface area contributed by atoms with Gasteiger partial charge in [0, 0.05) is 0 Å². The van der Waals surface area contributed by atoms with Crippen molar-refractivity contribution in [3.05, 3.63) is 0 Å². The molecular formula is C8H16N2O3S2. The Morgan fingerprint density at radius 1 is 1.27 bits per heavy atom. The third-order valence-corrected chi connectivity index (χ3v) is 2.33. The first-order valence-electron chi connectivity index (χ1n) is 4.53. The summed E-state index contributed by atoms with van der Waals surface area (Å²) in [5, 5.41) is 11.1. The average Bonchev–Trinajstić information content (AvgIpc) is 2.17. The summed E-state index contributed by atoms with van der Waals surface area (Å²) in [5.74, 6) is -0.661. The molecule has 2 atom stereocenters. The third kappa shape index (κ3) is 5.91. The second-order valence-electron chi connectivity index (χ2n) is 3.03. The van der Waals surface area contributed by atoms with Crippen molar-refractivity contribution in [2.24, 2.45) is 5.73 Å². The highest BCUT2D eigenvalue weighted by Crippen LogP contribution is 1.97. The normalized spacial score (nSPS) is 14.3. The summed E-state index contributed by atoms with van der Waals surface area (Å²) in [6, 6.07) is -1.62. The van der Waals surface area contributed by atoms with E-state index >= 15 is 0 Å². The number of carboxylic acids is 1. The molecule has 0 aromatic carbocycles. The molecule has 0 aliphatic carbocycles. The van der Waals surface area contributed by atoms with E-state index in [-0.39, 0.29) is 6.42 Å². The molecule has 0 aliphatic heterocycles. The van der Waals surface area contributed by atoms with Gasteiger partial charge in [0.15, 0.2) is 0 Å². The Balaban J connectivity index is 4.15. The van der Waals surface area contributed by atoms with Crippen molar-refractivity contribution in [1.29, 1.82) is 0 Å². The number of aliphatic carboxylic acids is 1. The van der Waals surface area contributed by atoms with E-state index in [1.54, 1.807) is 0 Å². The molecule has 5 nitrogen and oxygen atoms in total. The first kappa shape index (κ1) is 14.6. The lowest BCUT2D eigenvalue weighted by Gasteiger charge is -2.16. The van der Waals surface area contributed by atoms with Crippen LogP contribution in [0.15, 0.2) is 0 Å². The van der Waals surface area contributed by atoms with Gasteiger partial charge in [-0.25, -0.2) is 4.79 Å². The van der Waals surface area contributed by atoms with Crippen LogP contribution < -0.4 is 11.1 Å². The molecule has 1 amide bonds. The van der Waals surface area contributed by atoms with Crippen LogP contribution in [-0.2, 0) is 9.59 Å². The number of hydrogen-bond donors (Lipinski definition) is 5. The predicted molar refractivity (Wildman–Crippen MR) is 64.5 cm³/mol. The van der Waals surface area contributed by atoms with E-state index in [2.05, 4.69) is 30.6 Å². The van der Waals surface area contributed by atoms with Crippen LogP contribution in [0.3, 0.4) is 0 Å². The topological polar surface area (TPSA) is 92.4 Å². The molecule has 88 valence electrons. The molecule has 15 heavy (non-hydrogen) atoms. The molecule has 0 bridgehead atoms. The second kappa shape index (κ2) is 7.84. The SMILES string of the molecule is NC(CCS)C(=O)NC(CCS)C(=O)O. The van der Waals surface area contributed by atoms with Crippen LogP contribution >= 0.6 is 25.3 Å². The van der Waals surface area contributed by atoms with Gasteiger partial charge in [-0.1, -0.05) is 0 Å². The summed E-state index contributed by atoms with van der Waals surface area (Å²) in [5.41, 5.74) is 5.50. The quantitative estimate of drug-likeness (QED) is 0.396. The largest absolute Gasteiger partial charge is 0.480 e. The minimum Gasteiger partial charge on any atom is -0.480 e. The fourth-order valence-electron chi connectivity index (χ4n) is 0.935. The zero-order valence-electron chi connectivity index (χ0n) is 8.22. The number of rotatable bonds is 7. The van der Waals surface area contributed by atoms with Crippen molar-refractivity contribution in [2.75, 3.05) is 11.5 Å². The van der Waals surface area contributed by atoms with E-state index in [9.17, 15) is 9.59 Å². The monoisotopic (exact) mass is 252 g/mol. The van der Waals surface area contributed by atoms with Gasteiger partial charge >= 0.3 is 5.97 Å². The summed E-state index contributed by atoms with van der Waals surface area (Å²) in [6.07, 6.45) is 0.694. The number of hydrogen-bond acceptors (Lipinski definition) is 5. The Morgan fingerprint density at radius 3 is 2.20 bits per heavy atom. The van der Waals surface area contributed by atoms with Crippen molar-refractivity contribution in [3.8, 4) is 0 Å². The molecule has 0 aromatic rings. The van der Waals surface area contributed by atoms with Crippen LogP contribution in [0.1, 0.15) is 12.8 Å². The zero-order chi connectivity index (χ0) is 11.8. The van der Waals surface area contributed by atoms with Gasteiger partial charge in [0.05, 0.1) is 6.04 Å². The van der Waals surface area contributed by atoms with Gasteiger partial charge in [-0.15, -0.1) is 0 Å². The third-order valence-electron chi connectivity index (χ3n) is 1.81. The molecule has 7 heteroatoms. The Bertz CT molecular complexity index is 226. The Hall–Kier alpha value is -0.400. The maximum absolute atomic E-state index is 11.4. The van der Waals surface area contributed by atoms with Gasteiger partial charge in [0.1, 0.15) is 6.04 Å². The molecule has 0 spiro atoms. The van der Waals surface area contributed by atoms with Gasteiger partial charge in [-0.3, -0.25) is 4.79 Å². The summed E-state index contributed by atoms with van der Waals surface area (Å²) < 4.78 is 0. The van der Waals surface area contributed by atoms with E-state index < -0.39 is 24.0 Å². The first-order valence-corrected chi connectivity index (χ1v) is 5.80. The van der Waals surface area contributed by atoms with Gasteiger partial charge in [-0.05, 0) is 24.3 Å². The van der Waals surface area contributed by atoms with Crippen LogP contribution in [0.5, 0.6) is 0 Å². The number of nitrogens with one attached hydrogen (secondary N) is 1. The highest BCUT2D eigenvalue weighted by Gasteiger charge is 2.21. The zero-order valence-corrected chi connectivity index (χ0v) is 10.0. The number of amides is 1. The van der Waals surface area contributed by atoms with Crippen LogP contribution in [0, 0.1) is 0 Å². The minimum atomic E-state index is -1.07. The number of thiol groups is 2. The van der Waals surface area contributed by atoms with Crippen molar-refractivity contribution in [2.45, 2.75) is 24.9 Å². The highest BCUT2D eigenvalue weighted by atomic mass is 32.1. The summed E-state index contributed by atoms with van der Waals surface area (Å²) in [4.78, 5) is 22.1. The fraction of sp³-hybridized carbons (Fsp3) is 0.750. The number of carbonyl (C=O) groups excluding carboxylic acids is 1.